The van der Waals surface area contributed by atoms with E-state index in [-0.39, 0.29) is 17.5 Å². The number of fused-ring (bicyclic) bond motifs is 1. The Bertz CT molecular complexity index is 463. The number of halogens is 3. The summed E-state index contributed by atoms with van der Waals surface area (Å²) in [7, 11) is 0. The third-order valence-electron chi connectivity index (χ3n) is 2.89. The molecule has 2 fully saturated rings. The highest BCUT2D eigenvalue weighted by atomic mass is 35.5. The molecule has 98 valence electrons. The van der Waals surface area contributed by atoms with Gasteiger partial charge >= 0.3 is 0 Å². The zero-order chi connectivity index (χ0) is 12.8. The zero-order valence-electron chi connectivity index (χ0n) is 9.05. The Morgan fingerprint density at radius 3 is 3.06 bits per heavy atom. The molecular formula is C10H9ClF2N2O3. The van der Waals surface area contributed by atoms with Crippen LogP contribution in [0, 0.1) is 0 Å². The van der Waals surface area contributed by atoms with Crippen molar-refractivity contribution in [3.05, 3.63) is 17.5 Å². The third kappa shape index (κ3) is 1.92. The SMILES string of the molecule is FC1(F)CO[C@@H]2[C@H](Oc3ncncc3Cl)CO[C@@H]21. The predicted octanol–water partition coefficient (Wildman–Crippen LogP) is 1.31. The summed E-state index contributed by atoms with van der Waals surface area (Å²) in [4.78, 5) is 7.53. The van der Waals surface area contributed by atoms with Gasteiger partial charge < -0.3 is 14.2 Å². The Balaban J connectivity index is 1.75. The van der Waals surface area contributed by atoms with Crippen molar-refractivity contribution in [1.29, 1.82) is 0 Å². The lowest BCUT2D eigenvalue weighted by Crippen LogP contribution is -2.37. The molecule has 1 aromatic heterocycles. The van der Waals surface area contributed by atoms with Gasteiger partial charge in [0.2, 0.25) is 5.88 Å². The van der Waals surface area contributed by atoms with Crippen molar-refractivity contribution in [3.8, 4) is 5.88 Å². The molecule has 2 aliphatic heterocycles. The number of ether oxygens (including phenoxy) is 3. The van der Waals surface area contributed by atoms with E-state index in [9.17, 15) is 8.78 Å². The lowest BCUT2D eigenvalue weighted by Gasteiger charge is -2.17. The Kier molecular flexibility index (Phi) is 2.84. The van der Waals surface area contributed by atoms with Gasteiger partial charge in [0.1, 0.15) is 24.1 Å². The summed E-state index contributed by atoms with van der Waals surface area (Å²) in [6.07, 6.45) is -0.0789. The molecule has 3 heterocycles. The van der Waals surface area contributed by atoms with E-state index in [0.29, 0.717) is 0 Å². The molecule has 0 aliphatic carbocycles. The molecule has 18 heavy (non-hydrogen) atoms. The second-order valence-corrected chi connectivity index (χ2v) is 4.53. The van der Waals surface area contributed by atoms with Crippen molar-refractivity contribution in [2.45, 2.75) is 24.2 Å². The molecule has 0 aromatic carbocycles. The maximum absolute atomic E-state index is 13.3. The standard InChI is InChI=1S/C10H9ClF2N2O3/c11-5-1-14-4-15-9(5)18-6-2-16-8-7(6)17-3-10(8,12)13/h1,4,6-8H,2-3H2/t6-,7-,8+/m1/s1. The maximum atomic E-state index is 13.3. The third-order valence-corrected chi connectivity index (χ3v) is 3.15. The summed E-state index contributed by atoms with van der Waals surface area (Å²) < 4.78 is 42.2. The van der Waals surface area contributed by atoms with Crippen molar-refractivity contribution in [3.63, 3.8) is 0 Å². The monoisotopic (exact) mass is 278 g/mol. The number of nitrogens with zero attached hydrogens (tertiary/aromatic N) is 2. The van der Waals surface area contributed by atoms with Crippen LogP contribution in [0.5, 0.6) is 5.88 Å². The van der Waals surface area contributed by atoms with Crippen LogP contribution >= 0.6 is 11.6 Å². The van der Waals surface area contributed by atoms with Gasteiger partial charge in [-0.05, 0) is 0 Å². The Labute approximate surface area is 106 Å². The van der Waals surface area contributed by atoms with Crippen LogP contribution in [0.3, 0.4) is 0 Å². The maximum Gasteiger partial charge on any atom is 0.299 e. The molecule has 0 amide bonds. The van der Waals surface area contributed by atoms with Crippen LogP contribution in [0.2, 0.25) is 5.02 Å². The van der Waals surface area contributed by atoms with Gasteiger partial charge in [0.15, 0.2) is 12.2 Å². The smallest absolute Gasteiger partial charge is 0.299 e. The van der Waals surface area contributed by atoms with E-state index in [0.717, 1.165) is 0 Å². The van der Waals surface area contributed by atoms with Crippen molar-refractivity contribution < 1.29 is 23.0 Å². The van der Waals surface area contributed by atoms with Crippen LogP contribution < -0.4 is 4.74 Å². The van der Waals surface area contributed by atoms with E-state index >= 15 is 0 Å². The highest BCUT2D eigenvalue weighted by molar-refractivity contribution is 6.31. The second-order valence-electron chi connectivity index (χ2n) is 4.12. The van der Waals surface area contributed by atoms with Gasteiger partial charge in [-0.1, -0.05) is 11.6 Å². The molecule has 3 atom stereocenters. The molecule has 5 nitrogen and oxygen atoms in total. The van der Waals surface area contributed by atoms with Crippen LogP contribution in [0.25, 0.3) is 0 Å². The highest BCUT2D eigenvalue weighted by Gasteiger charge is 2.59. The van der Waals surface area contributed by atoms with Crippen LogP contribution in [0.1, 0.15) is 0 Å². The van der Waals surface area contributed by atoms with Gasteiger partial charge in [0, 0.05) is 0 Å². The first-order valence-corrected chi connectivity index (χ1v) is 5.69. The molecule has 2 saturated heterocycles. The topological polar surface area (TPSA) is 53.5 Å². The fourth-order valence-corrected chi connectivity index (χ4v) is 2.21. The lowest BCUT2D eigenvalue weighted by atomic mass is 10.1. The average Bonchev–Trinajstić information content (AvgIpc) is 2.85. The highest BCUT2D eigenvalue weighted by Crippen LogP contribution is 2.39. The van der Waals surface area contributed by atoms with E-state index < -0.39 is 30.8 Å². The van der Waals surface area contributed by atoms with Gasteiger partial charge in [0.25, 0.3) is 5.92 Å². The molecule has 3 rings (SSSR count). The molecule has 0 unspecified atom stereocenters. The largest absolute Gasteiger partial charge is 0.468 e. The summed E-state index contributed by atoms with van der Waals surface area (Å²) in [5, 5.41) is 0.214. The fraction of sp³-hybridized carbons (Fsp3) is 0.600. The van der Waals surface area contributed by atoms with E-state index in [1.165, 1.54) is 12.5 Å². The fourth-order valence-electron chi connectivity index (χ4n) is 2.06. The number of aromatic nitrogens is 2. The van der Waals surface area contributed by atoms with Crippen molar-refractivity contribution in [2.24, 2.45) is 0 Å². The molecule has 0 spiro atoms. The number of hydrogen-bond donors (Lipinski definition) is 0. The summed E-state index contributed by atoms with van der Waals surface area (Å²) in [6, 6.07) is 0. The van der Waals surface area contributed by atoms with Crippen molar-refractivity contribution in [2.75, 3.05) is 13.2 Å². The molecular weight excluding hydrogens is 270 g/mol. The quantitative estimate of drug-likeness (QED) is 0.816. The molecule has 0 N–H and O–H groups in total. The molecule has 8 heteroatoms. The van der Waals surface area contributed by atoms with Gasteiger partial charge in [-0.2, -0.15) is 0 Å². The van der Waals surface area contributed by atoms with Crippen molar-refractivity contribution >= 4 is 11.6 Å². The first kappa shape index (κ1) is 12.0. The minimum Gasteiger partial charge on any atom is -0.468 e. The van der Waals surface area contributed by atoms with Crippen molar-refractivity contribution in [1.82, 2.24) is 9.97 Å². The first-order chi connectivity index (χ1) is 8.58. The van der Waals surface area contributed by atoms with Crippen LogP contribution in [-0.2, 0) is 9.47 Å². The number of rotatable bonds is 2. The molecule has 1 aromatic rings. The molecule has 2 aliphatic rings. The van der Waals surface area contributed by atoms with E-state index in [2.05, 4.69) is 9.97 Å². The first-order valence-electron chi connectivity index (χ1n) is 5.31. The van der Waals surface area contributed by atoms with Crippen LogP contribution in [0.15, 0.2) is 12.5 Å². The summed E-state index contributed by atoms with van der Waals surface area (Å²) in [5.74, 6) is -2.84. The van der Waals surface area contributed by atoms with E-state index in [1.54, 1.807) is 0 Å². The second kappa shape index (κ2) is 4.25. The van der Waals surface area contributed by atoms with Gasteiger partial charge in [-0.25, -0.2) is 18.7 Å². The lowest BCUT2D eigenvalue weighted by molar-refractivity contribution is -0.0969. The van der Waals surface area contributed by atoms with Gasteiger partial charge in [-0.3, -0.25) is 0 Å². The summed E-state index contributed by atoms with van der Waals surface area (Å²) in [6.45, 7) is -0.634. The Hall–Kier alpha value is -1.05. The average molecular weight is 279 g/mol. The van der Waals surface area contributed by atoms with E-state index in [1.807, 2.05) is 0 Å². The van der Waals surface area contributed by atoms with Crippen LogP contribution in [0.4, 0.5) is 8.78 Å². The zero-order valence-corrected chi connectivity index (χ0v) is 9.81. The van der Waals surface area contributed by atoms with Gasteiger partial charge in [0.05, 0.1) is 12.8 Å². The summed E-state index contributed by atoms with van der Waals surface area (Å²) in [5.41, 5.74) is 0. The predicted molar refractivity (Wildman–Crippen MR) is 55.9 cm³/mol. The van der Waals surface area contributed by atoms with Crippen LogP contribution in [-0.4, -0.2) is 47.4 Å². The number of alkyl halides is 2. The van der Waals surface area contributed by atoms with E-state index in [4.69, 9.17) is 25.8 Å². The molecule has 0 radical (unpaired) electrons. The molecule has 0 bridgehead atoms. The van der Waals surface area contributed by atoms with Gasteiger partial charge in [-0.15, -0.1) is 0 Å². The normalized spacial score (nSPS) is 33.4. The number of hydrogen-bond acceptors (Lipinski definition) is 5. The Morgan fingerprint density at radius 1 is 1.44 bits per heavy atom. The summed E-state index contributed by atoms with van der Waals surface area (Å²) >= 11 is 5.82. The Morgan fingerprint density at radius 2 is 2.28 bits per heavy atom. The minimum absolute atomic E-state index is 0.0191. The minimum atomic E-state index is -2.97. The molecule has 0 saturated carbocycles.